The number of rotatable bonds is 1. The summed E-state index contributed by atoms with van der Waals surface area (Å²) >= 11 is 6.10. The molecular formula is C17H12ClN3. The van der Waals surface area contributed by atoms with Crippen LogP contribution in [-0.4, -0.2) is 9.55 Å². The maximum Gasteiger partial charge on any atom is 0.205 e. The maximum atomic E-state index is 6.10. The Morgan fingerprint density at radius 1 is 0.905 bits per heavy atom. The largest absolute Gasteiger partial charge is 0.369 e. The van der Waals surface area contributed by atoms with Gasteiger partial charge >= 0.3 is 0 Å². The van der Waals surface area contributed by atoms with Gasteiger partial charge in [0.05, 0.1) is 11.0 Å². The van der Waals surface area contributed by atoms with E-state index < -0.39 is 0 Å². The molecule has 0 aliphatic carbocycles. The molecule has 0 amide bonds. The first kappa shape index (κ1) is 12.2. The van der Waals surface area contributed by atoms with E-state index in [1.807, 2.05) is 41.0 Å². The highest BCUT2D eigenvalue weighted by Gasteiger charge is 2.10. The number of fused-ring (bicyclic) bond motifs is 2. The van der Waals surface area contributed by atoms with Gasteiger partial charge in [-0.2, -0.15) is 0 Å². The topological polar surface area (TPSA) is 43.8 Å². The minimum atomic E-state index is 0.461. The molecule has 2 N–H and O–H groups in total. The molecular weight excluding hydrogens is 282 g/mol. The summed E-state index contributed by atoms with van der Waals surface area (Å²) in [4.78, 5) is 4.39. The summed E-state index contributed by atoms with van der Waals surface area (Å²) in [5, 5.41) is 3.03. The predicted molar refractivity (Wildman–Crippen MR) is 88.0 cm³/mol. The number of hydrogen-bond donors (Lipinski definition) is 1. The molecule has 21 heavy (non-hydrogen) atoms. The minimum Gasteiger partial charge on any atom is -0.369 e. The van der Waals surface area contributed by atoms with E-state index in [-0.39, 0.29) is 0 Å². The second-order valence-electron chi connectivity index (χ2n) is 4.97. The fourth-order valence-corrected chi connectivity index (χ4v) is 2.82. The van der Waals surface area contributed by atoms with Gasteiger partial charge in [0.1, 0.15) is 0 Å². The van der Waals surface area contributed by atoms with Gasteiger partial charge in [-0.15, -0.1) is 0 Å². The van der Waals surface area contributed by atoms with Crippen LogP contribution in [0, 0.1) is 0 Å². The fourth-order valence-electron chi connectivity index (χ4n) is 2.65. The number of imidazole rings is 1. The standard InChI is InChI=1S/C17H12ClN3/c18-13-6-8-15-16(10-13)21(17(19)20-15)14-7-5-11-3-1-2-4-12(11)9-14/h1-10H,(H2,19,20). The van der Waals surface area contributed by atoms with Crippen LogP contribution in [0.5, 0.6) is 0 Å². The van der Waals surface area contributed by atoms with Crippen molar-refractivity contribution in [1.82, 2.24) is 9.55 Å². The van der Waals surface area contributed by atoms with Gasteiger partial charge in [0, 0.05) is 10.7 Å². The molecule has 1 heterocycles. The van der Waals surface area contributed by atoms with E-state index >= 15 is 0 Å². The third-order valence-electron chi connectivity index (χ3n) is 3.63. The molecule has 3 nitrogen and oxygen atoms in total. The molecule has 0 bridgehead atoms. The van der Waals surface area contributed by atoms with Gasteiger partial charge in [-0.1, -0.05) is 41.9 Å². The van der Waals surface area contributed by atoms with Crippen LogP contribution >= 0.6 is 11.6 Å². The van der Waals surface area contributed by atoms with Crippen molar-refractivity contribution >= 4 is 39.4 Å². The molecule has 0 fully saturated rings. The third kappa shape index (κ3) is 1.94. The number of aromatic nitrogens is 2. The van der Waals surface area contributed by atoms with Gasteiger partial charge in [0.25, 0.3) is 0 Å². The van der Waals surface area contributed by atoms with Crippen LogP contribution in [0.25, 0.3) is 27.5 Å². The smallest absolute Gasteiger partial charge is 0.205 e. The van der Waals surface area contributed by atoms with Gasteiger partial charge in [0.2, 0.25) is 5.95 Å². The fraction of sp³-hybridized carbons (Fsp3) is 0. The molecule has 1 aromatic heterocycles. The van der Waals surface area contributed by atoms with Gasteiger partial charge < -0.3 is 5.73 Å². The molecule has 0 unspecified atom stereocenters. The summed E-state index contributed by atoms with van der Waals surface area (Å²) in [5.41, 5.74) is 8.82. The second kappa shape index (κ2) is 4.50. The van der Waals surface area contributed by atoms with Crippen LogP contribution in [0.1, 0.15) is 0 Å². The quantitative estimate of drug-likeness (QED) is 0.565. The summed E-state index contributed by atoms with van der Waals surface area (Å²) in [7, 11) is 0. The van der Waals surface area contributed by atoms with Crippen molar-refractivity contribution in [3.8, 4) is 5.69 Å². The lowest BCUT2D eigenvalue weighted by Crippen LogP contribution is -2.00. The monoisotopic (exact) mass is 293 g/mol. The Bertz CT molecular complexity index is 972. The van der Waals surface area contributed by atoms with Crippen molar-refractivity contribution in [2.75, 3.05) is 5.73 Å². The molecule has 4 heteroatoms. The minimum absolute atomic E-state index is 0.461. The highest BCUT2D eigenvalue weighted by molar-refractivity contribution is 6.31. The van der Waals surface area contributed by atoms with Crippen LogP contribution in [0.2, 0.25) is 5.02 Å². The number of nitrogens with two attached hydrogens (primary N) is 1. The summed E-state index contributed by atoms with van der Waals surface area (Å²) in [6.45, 7) is 0. The van der Waals surface area contributed by atoms with E-state index in [4.69, 9.17) is 17.3 Å². The van der Waals surface area contributed by atoms with E-state index in [9.17, 15) is 0 Å². The summed E-state index contributed by atoms with van der Waals surface area (Å²) in [5.74, 6) is 0.461. The van der Waals surface area contributed by atoms with E-state index in [0.717, 1.165) is 16.7 Å². The first-order chi connectivity index (χ1) is 10.2. The Morgan fingerprint density at radius 2 is 1.71 bits per heavy atom. The Kier molecular flexibility index (Phi) is 2.62. The third-order valence-corrected chi connectivity index (χ3v) is 3.87. The molecule has 0 saturated carbocycles. The van der Waals surface area contributed by atoms with Crippen molar-refractivity contribution in [2.45, 2.75) is 0 Å². The molecule has 0 radical (unpaired) electrons. The van der Waals surface area contributed by atoms with Crippen LogP contribution in [-0.2, 0) is 0 Å². The SMILES string of the molecule is Nc1nc2ccc(Cl)cc2n1-c1ccc2ccccc2c1. The molecule has 0 spiro atoms. The molecule has 4 aromatic rings. The van der Waals surface area contributed by atoms with E-state index in [2.05, 4.69) is 29.2 Å². The van der Waals surface area contributed by atoms with E-state index in [0.29, 0.717) is 11.0 Å². The molecule has 0 aliphatic heterocycles. The maximum absolute atomic E-state index is 6.10. The lowest BCUT2D eigenvalue weighted by molar-refractivity contribution is 1.11. The van der Waals surface area contributed by atoms with Crippen LogP contribution in [0.3, 0.4) is 0 Å². The molecule has 102 valence electrons. The lowest BCUT2D eigenvalue weighted by Gasteiger charge is -2.08. The van der Waals surface area contributed by atoms with Crippen molar-refractivity contribution in [3.63, 3.8) is 0 Å². The lowest BCUT2D eigenvalue weighted by atomic mass is 10.1. The first-order valence-corrected chi connectivity index (χ1v) is 7.03. The van der Waals surface area contributed by atoms with Gasteiger partial charge in [-0.25, -0.2) is 4.98 Å². The van der Waals surface area contributed by atoms with Crippen molar-refractivity contribution in [2.24, 2.45) is 0 Å². The number of nitrogens with zero attached hydrogens (tertiary/aromatic N) is 2. The van der Waals surface area contributed by atoms with Gasteiger partial charge in [0.15, 0.2) is 0 Å². The van der Waals surface area contributed by atoms with Crippen molar-refractivity contribution < 1.29 is 0 Å². The zero-order valence-electron chi connectivity index (χ0n) is 11.1. The normalized spacial score (nSPS) is 11.3. The Hall–Kier alpha value is -2.52. The van der Waals surface area contributed by atoms with Crippen LogP contribution < -0.4 is 5.73 Å². The average Bonchev–Trinajstić information content (AvgIpc) is 2.82. The predicted octanol–water partition coefficient (Wildman–Crippen LogP) is 4.41. The zero-order chi connectivity index (χ0) is 14.4. The number of hydrogen-bond acceptors (Lipinski definition) is 2. The van der Waals surface area contributed by atoms with E-state index in [1.54, 1.807) is 0 Å². The number of benzene rings is 3. The summed E-state index contributed by atoms with van der Waals surface area (Å²) < 4.78 is 1.92. The van der Waals surface area contributed by atoms with Crippen molar-refractivity contribution in [3.05, 3.63) is 65.7 Å². The Morgan fingerprint density at radius 3 is 2.57 bits per heavy atom. The molecule has 4 rings (SSSR count). The molecule has 0 saturated heterocycles. The molecule has 3 aromatic carbocycles. The molecule has 0 aliphatic rings. The second-order valence-corrected chi connectivity index (χ2v) is 5.41. The van der Waals surface area contributed by atoms with E-state index in [1.165, 1.54) is 10.8 Å². The zero-order valence-corrected chi connectivity index (χ0v) is 11.9. The highest BCUT2D eigenvalue weighted by atomic mass is 35.5. The number of halogens is 1. The molecule has 0 atom stereocenters. The summed E-state index contributed by atoms with van der Waals surface area (Å²) in [6.07, 6.45) is 0. The van der Waals surface area contributed by atoms with Crippen LogP contribution in [0.4, 0.5) is 5.95 Å². The van der Waals surface area contributed by atoms with Crippen LogP contribution in [0.15, 0.2) is 60.7 Å². The Balaban J connectivity index is 2.03. The average molecular weight is 294 g/mol. The summed E-state index contributed by atoms with van der Waals surface area (Å²) in [6, 6.07) is 20.0. The first-order valence-electron chi connectivity index (χ1n) is 6.65. The van der Waals surface area contributed by atoms with Gasteiger partial charge in [-0.05, 0) is 41.1 Å². The van der Waals surface area contributed by atoms with Crippen molar-refractivity contribution in [1.29, 1.82) is 0 Å². The van der Waals surface area contributed by atoms with Gasteiger partial charge in [-0.3, -0.25) is 4.57 Å². The number of anilines is 1. The highest BCUT2D eigenvalue weighted by Crippen LogP contribution is 2.27. The number of nitrogen functional groups attached to an aromatic ring is 1. The Labute approximate surface area is 126 Å².